The number of nitrogens with zero attached hydrogens (tertiary/aromatic N) is 1. The van der Waals surface area contributed by atoms with Crippen LogP contribution in [0.4, 0.5) is 5.69 Å². The predicted molar refractivity (Wildman–Crippen MR) is 69.9 cm³/mol. The Bertz CT molecular complexity index is 382. The average Bonchev–Trinajstić information content (AvgIpc) is 2.28. The van der Waals surface area contributed by atoms with E-state index in [0.29, 0.717) is 23.2 Å². The molecule has 0 saturated heterocycles. The van der Waals surface area contributed by atoms with Gasteiger partial charge in [-0.15, -0.1) is 0 Å². The molecule has 0 aliphatic rings. The zero-order chi connectivity index (χ0) is 12.8. The molecule has 5 heteroatoms. The number of pyridine rings is 1. The van der Waals surface area contributed by atoms with Crippen LogP contribution in [0.15, 0.2) is 18.5 Å². The van der Waals surface area contributed by atoms with Gasteiger partial charge in [0.25, 0.3) is 0 Å². The molecule has 0 aliphatic carbocycles. The van der Waals surface area contributed by atoms with Gasteiger partial charge < -0.3 is 11.1 Å². The van der Waals surface area contributed by atoms with Crippen molar-refractivity contribution in [3.05, 3.63) is 23.5 Å². The van der Waals surface area contributed by atoms with Crippen LogP contribution < -0.4 is 11.1 Å². The third kappa shape index (κ3) is 4.32. The average molecular weight is 256 g/mol. The summed E-state index contributed by atoms with van der Waals surface area (Å²) in [5.41, 5.74) is 6.13. The fraction of sp³-hybridized carbons (Fsp3) is 0.500. The number of nitrogens with one attached hydrogen (secondary N) is 1. The van der Waals surface area contributed by atoms with Crippen molar-refractivity contribution in [2.24, 2.45) is 17.6 Å². The van der Waals surface area contributed by atoms with E-state index in [1.54, 1.807) is 12.3 Å². The lowest BCUT2D eigenvalue weighted by Gasteiger charge is -2.17. The van der Waals surface area contributed by atoms with Crippen molar-refractivity contribution >= 4 is 23.2 Å². The fourth-order valence-electron chi connectivity index (χ4n) is 1.58. The van der Waals surface area contributed by atoms with E-state index in [4.69, 9.17) is 17.3 Å². The summed E-state index contributed by atoms with van der Waals surface area (Å²) in [6.07, 6.45) is 3.87. The maximum atomic E-state index is 12.0. The molecule has 1 amide bonds. The molecule has 0 saturated carbocycles. The number of carbonyl (C=O) groups excluding carboxylic acids is 1. The smallest absolute Gasteiger partial charge is 0.228 e. The highest BCUT2D eigenvalue weighted by Gasteiger charge is 2.18. The molecule has 3 N–H and O–H groups in total. The second-order valence-corrected chi connectivity index (χ2v) is 4.81. The Balaban J connectivity index is 2.67. The summed E-state index contributed by atoms with van der Waals surface area (Å²) in [4.78, 5) is 15.9. The van der Waals surface area contributed by atoms with Gasteiger partial charge in [0.05, 0.1) is 22.8 Å². The molecule has 94 valence electrons. The highest BCUT2D eigenvalue weighted by molar-refractivity contribution is 6.33. The summed E-state index contributed by atoms with van der Waals surface area (Å²) < 4.78 is 0. The Morgan fingerprint density at radius 1 is 1.59 bits per heavy atom. The Morgan fingerprint density at radius 3 is 2.82 bits per heavy atom. The number of carbonyl (C=O) groups is 1. The first-order valence-electron chi connectivity index (χ1n) is 5.65. The molecule has 0 radical (unpaired) electrons. The van der Waals surface area contributed by atoms with E-state index < -0.39 is 0 Å². The van der Waals surface area contributed by atoms with Crippen LogP contribution in [-0.4, -0.2) is 17.4 Å². The molecule has 1 heterocycles. The van der Waals surface area contributed by atoms with Gasteiger partial charge in [-0.25, -0.2) is 0 Å². The van der Waals surface area contributed by atoms with Crippen LogP contribution in [-0.2, 0) is 4.79 Å². The van der Waals surface area contributed by atoms with Crippen LogP contribution in [0.2, 0.25) is 5.02 Å². The monoisotopic (exact) mass is 255 g/mol. The zero-order valence-electron chi connectivity index (χ0n) is 10.1. The van der Waals surface area contributed by atoms with E-state index in [-0.39, 0.29) is 11.8 Å². The molecule has 4 nitrogen and oxygen atoms in total. The van der Waals surface area contributed by atoms with Crippen LogP contribution in [0.5, 0.6) is 0 Å². The maximum Gasteiger partial charge on any atom is 0.228 e. The molecule has 17 heavy (non-hydrogen) atoms. The van der Waals surface area contributed by atoms with Crippen molar-refractivity contribution in [2.75, 3.05) is 11.9 Å². The first kappa shape index (κ1) is 13.9. The van der Waals surface area contributed by atoms with E-state index in [0.717, 1.165) is 6.42 Å². The van der Waals surface area contributed by atoms with Gasteiger partial charge >= 0.3 is 0 Å². The molecule has 0 aromatic carbocycles. The minimum atomic E-state index is -0.189. The lowest BCUT2D eigenvalue weighted by Crippen LogP contribution is -2.30. The standard InChI is InChI=1S/C12H18ClN3O/c1-8(2)5-9(6-14)12(17)16-11-7-15-4-3-10(11)13/h3-4,7-9H,5-6,14H2,1-2H3,(H,16,17). The molecule has 0 aliphatic heterocycles. The maximum absolute atomic E-state index is 12.0. The SMILES string of the molecule is CC(C)CC(CN)C(=O)Nc1cnccc1Cl. The van der Waals surface area contributed by atoms with Crippen LogP contribution in [0.1, 0.15) is 20.3 Å². The number of anilines is 1. The second-order valence-electron chi connectivity index (χ2n) is 4.41. The molecule has 1 aromatic heterocycles. The van der Waals surface area contributed by atoms with E-state index in [1.165, 1.54) is 6.20 Å². The molecule has 0 fully saturated rings. The van der Waals surface area contributed by atoms with Gasteiger partial charge in [0.1, 0.15) is 0 Å². The Hall–Kier alpha value is -1.13. The highest BCUT2D eigenvalue weighted by atomic mass is 35.5. The molecule has 0 bridgehead atoms. The molecular formula is C12H18ClN3O. The van der Waals surface area contributed by atoms with Gasteiger partial charge in [-0.3, -0.25) is 9.78 Å². The molecule has 1 rings (SSSR count). The summed E-state index contributed by atoms with van der Waals surface area (Å²) in [5.74, 6) is 0.140. The van der Waals surface area contributed by atoms with Crippen LogP contribution in [0.25, 0.3) is 0 Å². The lowest BCUT2D eigenvalue weighted by molar-refractivity contribution is -0.120. The van der Waals surface area contributed by atoms with Crippen molar-refractivity contribution < 1.29 is 4.79 Å². The fourth-order valence-corrected chi connectivity index (χ4v) is 1.74. The van der Waals surface area contributed by atoms with Crippen molar-refractivity contribution in [2.45, 2.75) is 20.3 Å². The summed E-state index contributed by atoms with van der Waals surface area (Å²) in [6, 6.07) is 1.64. The quantitative estimate of drug-likeness (QED) is 0.848. The van der Waals surface area contributed by atoms with Gasteiger partial charge in [-0.05, 0) is 18.4 Å². The largest absolute Gasteiger partial charge is 0.330 e. The van der Waals surface area contributed by atoms with E-state index >= 15 is 0 Å². The van der Waals surface area contributed by atoms with Gasteiger partial charge in [0.2, 0.25) is 5.91 Å². The normalized spacial score (nSPS) is 12.5. The van der Waals surface area contributed by atoms with Gasteiger partial charge in [-0.1, -0.05) is 25.4 Å². The Morgan fingerprint density at radius 2 is 2.29 bits per heavy atom. The number of hydrogen-bond donors (Lipinski definition) is 2. The van der Waals surface area contributed by atoms with Crippen LogP contribution in [0.3, 0.4) is 0 Å². The zero-order valence-corrected chi connectivity index (χ0v) is 10.9. The second kappa shape index (κ2) is 6.57. The topological polar surface area (TPSA) is 68.0 Å². The molecule has 1 aromatic rings. The highest BCUT2D eigenvalue weighted by Crippen LogP contribution is 2.21. The van der Waals surface area contributed by atoms with E-state index in [1.807, 2.05) is 0 Å². The number of amides is 1. The van der Waals surface area contributed by atoms with Crippen molar-refractivity contribution in [3.8, 4) is 0 Å². The third-order valence-corrected chi connectivity index (χ3v) is 2.77. The molecular weight excluding hydrogens is 238 g/mol. The van der Waals surface area contributed by atoms with Gasteiger partial charge in [0.15, 0.2) is 0 Å². The van der Waals surface area contributed by atoms with Crippen molar-refractivity contribution in [1.82, 2.24) is 4.98 Å². The van der Waals surface area contributed by atoms with Crippen molar-refractivity contribution in [1.29, 1.82) is 0 Å². The molecule has 1 atom stereocenters. The summed E-state index contributed by atoms with van der Waals surface area (Å²) in [6.45, 7) is 4.46. The van der Waals surface area contributed by atoms with Crippen LogP contribution in [0, 0.1) is 11.8 Å². The first-order chi connectivity index (χ1) is 8.04. The Kier molecular flexibility index (Phi) is 5.38. The Labute approximate surface area is 107 Å². The van der Waals surface area contributed by atoms with E-state index in [2.05, 4.69) is 24.1 Å². The number of aromatic nitrogens is 1. The third-order valence-electron chi connectivity index (χ3n) is 2.44. The molecule has 0 spiro atoms. The number of halogens is 1. The predicted octanol–water partition coefficient (Wildman–Crippen LogP) is 2.29. The van der Waals surface area contributed by atoms with E-state index in [9.17, 15) is 4.79 Å². The summed E-state index contributed by atoms with van der Waals surface area (Å²) >= 11 is 5.94. The minimum absolute atomic E-state index is 0.101. The summed E-state index contributed by atoms with van der Waals surface area (Å²) in [5, 5.41) is 3.23. The summed E-state index contributed by atoms with van der Waals surface area (Å²) in [7, 11) is 0. The van der Waals surface area contributed by atoms with Gasteiger partial charge in [0, 0.05) is 12.7 Å². The number of rotatable bonds is 5. The molecule has 1 unspecified atom stereocenters. The van der Waals surface area contributed by atoms with Crippen LogP contribution >= 0.6 is 11.6 Å². The minimum Gasteiger partial charge on any atom is -0.330 e. The number of hydrogen-bond acceptors (Lipinski definition) is 3. The first-order valence-corrected chi connectivity index (χ1v) is 6.02. The van der Waals surface area contributed by atoms with Crippen molar-refractivity contribution in [3.63, 3.8) is 0 Å². The lowest BCUT2D eigenvalue weighted by atomic mass is 9.96. The van der Waals surface area contributed by atoms with Gasteiger partial charge in [-0.2, -0.15) is 0 Å². The number of nitrogens with two attached hydrogens (primary N) is 1.